The van der Waals surface area contributed by atoms with Gasteiger partial charge in [-0.2, -0.15) is 0 Å². The maximum absolute atomic E-state index is 13.1. The summed E-state index contributed by atoms with van der Waals surface area (Å²) in [4.78, 5) is 0. The van der Waals surface area contributed by atoms with Gasteiger partial charge in [-0.3, -0.25) is 0 Å². The Hall–Kier alpha value is -1.63. The van der Waals surface area contributed by atoms with E-state index in [1.54, 1.807) is 12.1 Å². The predicted molar refractivity (Wildman–Crippen MR) is 70.4 cm³/mol. The standard InChI is InChI=1S/C16H17F/c1-12(2)10-13-6-8-14(9-7-13)15-4-3-5-16(17)11-15/h3-9,11-12H,10H2,1-2H3. The van der Waals surface area contributed by atoms with Gasteiger partial charge in [0, 0.05) is 0 Å². The highest BCUT2D eigenvalue weighted by Gasteiger charge is 2.01. The third kappa shape index (κ3) is 3.16. The first-order chi connectivity index (χ1) is 8.15. The van der Waals surface area contributed by atoms with Crippen LogP contribution in [0.2, 0.25) is 0 Å². The number of benzene rings is 2. The predicted octanol–water partition coefficient (Wildman–Crippen LogP) is 4.69. The third-order valence-electron chi connectivity index (χ3n) is 2.76. The summed E-state index contributed by atoms with van der Waals surface area (Å²) in [5.74, 6) is 0.476. The normalized spacial score (nSPS) is 10.8. The molecule has 0 heterocycles. The highest BCUT2D eigenvalue weighted by molar-refractivity contribution is 5.63. The van der Waals surface area contributed by atoms with Crippen LogP contribution in [0.15, 0.2) is 48.5 Å². The van der Waals surface area contributed by atoms with Crippen molar-refractivity contribution >= 4 is 0 Å². The van der Waals surface area contributed by atoms with Gasteiger partial charge in [0.05, 0.1) is 0 Å². The van der Waals surface area contributed by atoms with Crippen LogP contribution in [0.25, 0.3) is 11.1 Å². The molecule has 0 aromatic heterocycles. The summed E-state index contributed by atoms with van der Waals surface area (Å²) in [6.45, 7) is 4.42. The molecule has 0 nitrogen and oxygen atoms in total. The molecular formula is C16H17F. The molecule has 88 valence electrons. The van der Waals surface area contributed by atoms with E-state index < -0.39 is 0 Å². The summed E-state index contributed by atoms with van der Waals surface area (Å²) < 4.78 is 13.1. The van der Waals surface area contributed by atoms with Crippen molar-refractivity contribution in [3.63, 3.8) is 0 Å². The Balaban J connectivity index is 2.23. The Bertz CT molecular complexity index is 483. The Morgan fingerprint density at radius 2 is 1.65 bits per heavy atom. The number of halogens is 1. The third-order valence-corrected chi connectivity index (χ3v) is 2.76. The van der Waals surface area contributed by atoms with E-state index in [2.05, 4.69) is 38.1 Å². The van der Waals surface area contributed by atoms with Gasteiger partial charge in [-0.25, -0.2) is 4.39 Å². The van der Waals surface area contributed by atoms with Crippen molar-refractivity contribution in [1.29, 1.82) is 0 Å². The van der Waals surface area contributed by atoms with Gasteiger partial charge in [0.15, 0.2) is 0 Å². The van der Waals surface area contributed by atoms with E-state index in [4.69, 9.17) is 0 Å². The molecule has 0 aliphatic heterocycles. The van der Waals surface area contributed by atoms with E-state index in [0.29, 0.717) is 5.92 Å². The van der Waals surface area contributed by atoms with E-state index in [-0.39, 0.29) is 5.82 Å². The molecule has 2 aromatic carbocycles. The Morgan fingerprint density at radius 3 is 2.24 bits per heavy atom. The molecule has 2 aromatic rings. The lowest BCUT2D eigenvalue weighted by Gasteiger charge is -2.06. The SMILES string of the molecule is CC(C)Cc1ccc(-c2cccc(F)c2)cc1. The van der Waals surface area contributed by atoms with Crippen LogP contribution in [-0.2, 0) is 6.42 Å². The minimum atomic E-state index is -0.186. The molecule has 0 aliphatic rings. The first kappa shape index (κ1) is 11.8. The van der Waals surface area contributed by atoms with Gasteiger partial charge >= 0.3 is 0 Å². The lowest BCUT2D eigenvalue weighted by atomic mass is 9.99. The second-order valence-electron chi connectivity index (χ2n) is 4.81. The van der Waals surface area contributed by atoms with Crippen LogP contribution in [-0.4, -0.2) is 0 Å². The lowest BCUT2D eigenvalue weighted by molar-refractivity contribution is 0.628. The van der Waals surface area contributed by atoms with Crippen LogP contribution < -0.4 is 0 Å². The van der Waals surface area contributed by atoms with E-state index in [1.165, 1.54) is 11.6 Å². The average Bonchev–Trinajstić information content (AvgIpc) is 2.29. The molecule has 2 rings (SSSR count). The largest absolute Gasteiger partial charge is 0.207 e. The van der Waals surface area contributed by atoms with Gasteiger partial charge in [-0.1, -0.05) is 50.2 Å². The zero-order valence-corrected chi connectivity index (χ0v) is 10.3. The van der Waals surface area contributed by atoms with Crippen molar-refractivity contribution in [3.05, 3.63) is 59.9 Å². The molecule has 0 fully saturated rings. The molecule has 0 unspecified atom stereocenters. The highest BCUT2D eigenvalue weighted by Crippen LogP contribution is 2.21. The smallest absolute Gasteiger partial charge is 0.123 e. The fraction of sp³-hybridized carbons (Fsp3) is 0.250. The van der Waals surface area contributed by atoms with Gasteiger partial charge in [0.2, 0.25) is 0 Å². The maximum Gasteiger partial charge on any atom is 0.123 e. The van der Waals surface area contributed by atoms with Gasteiger partial charge in [0.1, 0.15) is 5.82 Å². The topological polar surface area (TPSA) is 0 Å². The number of hydrogen-bond donors (Lipinski definition) is 0. The van der Waals surface area contributed by atoms with Gasteiger partial charge in [-0.15, -0.1) is 0 Å². The van der Waals surface area contributed by atoms with E-state index in [0.717, 1.165) is 17.5 Å². The monoisotopic (exact) mass is 228 g/mol. The number of hydrogen-bond acceptors (Lipinski definition) is 0. The molecule has 0 saturated heterocycles. The summed E-state index contributed by atoms with van der Waals surface area (Å²) in [7, 11) is 0. The summed E-state index contributed by atoms with van der Waals surface area (Å²) >= 11 is 0. The highest BCUT2D eigenvalue weighted by atomic mass is 19.1. The molecular weight excluding hydrogens is 211 g/mol. The second kappa shape index (κ2) is 5.13. The zero-order valence-electron chi connectivity index (χ0n) is 10.3. The molecule has 0 aliphatic carbocycles. The maximum atomic E-state index is 13.1. The Morgan fingerprint density at radius 1 is 0.941 bits per heavy atom. The summed E-state index contributed by atoms with van der Waals surface area (Å²) in [5, 5.41) is 0. The minimum absolute atomic E-state index is 0.186. The zero-order chi connectivity index (χ0) is 12.3. The van der Waals surface area contributed by atoms with Gasteiger partial charge in [-0.05, 0) is 41.2 Å². The molecule has 0 amide bonds. The molecule has 0 radical (unpaired) electrons. The molecule has 0 atom stereocenters. The van der Waals surface area contributed by atoms with Crippen molar-refractivity contribution in [2.75, 3.05) is 0 Å². The van der Waals surface area contributed by atoms with Crippen LogP contribution >= 0.6 is 0 Å². The molecule has 17 heavy (non-hydrogen) atoms. The lowest BCUT2D eigenvalue weighted by Crippen LogP contribution is -1.93. The molecule has 1 heteroatoms. The van der Waals surface area contributed by atoms with Crippen molar-refractivity contribution in [2.45, 2.75) is 20.3 Å². The fourth-order valence-corrected chi connectivity index (χ4v) is 1.97. The Labute approximate surface area is 102 Å². The molecule has 0 bridgehead atoms. The molecule has 0 saturated carbocycles. The summed E-state index contributed by atoms with van der Waals surface area (Å²) in [5.41, 5.74) is 3.33. The van der Waals surface area contributed by atoms with Crippen LogP contribution in [0.3, 0.4) is 0 Å². The quantitative estimate of drug-likeness (QED) is 0.714. The molecule has 0 N–H and O–H groups in total. The van der Waals surface area contributed by atoms with Crippen molar-refractivity contribution in [3.8, 4) is 11.1 Å². The Kier molecular flexibility index (Phi) is 3.58. The fourth-order valence-electron chi connectivity index (χ4n) is 1.97. The van der Waals surface area contributed by atoms with Crippen LogP contribution in [0.5, 0.6) is 0 Å². The van der Waals surface area contributed by atoms with Gasteiger partial charge in [0.25, 0.3) is 0 Å². The van der Waals surface area contributed by atoms with E-state index in [1.807, 2.05) is 6.07 Å². The first-order valence-corrected chi connectivity index (χ1v) is 6.00. The van der Waals surface area contributed by atoms with Gasteiger partial charge < -0.3 is 0 Å². The second-order valence-corrected chi connectivity index (χ2v) is 4.81. The van der Waals surface area contributed by atoms with Crippen LogP contribution in [0, 0.1) is 11.7 Å². The van der Waals surface area contributed by atoms with Crippen molar-refractivity contribution in [2.24, 2.45) is 5.92 Å². The van der Waals surface area contributed by atoms with Crippen LogP contribution in [0.4, 0.5) is 4.39 Å². The van der Waals surface area contributed by atoms with E-state index in [9.17, 15) is 4.39 Å². The average molecular weight is 228 g/mol. The van der Waals surface area contributed by atoms with Crippen molar-refractivity contribution in [1.82, 2.24) is 0 Å². The summed E-state index contributed by atoms with van der Waals surface area (Å²) in [6.07, 6.45) is 1.09. The minimum Gasteiger partial charge on any atom is -0.207 e. The van der Waals surface area contributed by atoms with E-state index >= 15 is 0 Å². The van der Waals surface area contributed by atoms with Crippen molar-refractivity contribution < 1.29 is 4.39 Å². The van der Waals surface area contributed by atoms with Crippen LogP contribution in [0.1, 0.15) is 19.4 Å². The molecule has 0 spiro atoms. The number of rotatable bonds is 3. The first-order valence-electron chi connectivity index (χ1n) is 6.00. The summed E-state index contributed by atoms with van der Waals surface area (Å²) in [6, 6.07) is 15.1.